The average Bonchev–Trinajstić information content (AvgIpc) is 2.54. The van der Waals surface area contributed by atoms with Crippen LogP contribution in [0.4, 0.5) is 0 Å². The van der Waals surface area contributed by atoms with Crippen molar-refractivity contribution in [3.63, 3.8) is 0 Å². The van der Waals surface area contributed by atoms with E-state index >= 15 is 0 Å². The maximum atomic E-state index is 12.9. The molecule has 1 heterocycles. The number of nitrogens with two attached hydrogens (primary N) is 1. The third kappa shape index (κ3) is 4.76. The van der Waals surface area contributed by atoms with E-state index in [4.69, 9.17) is 5.73 Å². The molecule has 1 atom stereocenters. The summed E-state index contributed by atoms with van der Waals surface area (Å²) in [5.74, 6) is -0.115. The summed E-state index contributed by atoms with van der Waals surface area (Å²) in [6, 6.07) is 4.84. The van der Waals surface area contributed by atoms with Gasteiger partial charge in [0.2, 0.25) is 15.9 Å². The van der Waals surface area contributed by atoms with E-state index in [1.165, 1.54) is 4.31 Å². The van der Waals surface area contributed by atoms with Gasteiger partial charge < -0.3 is 10.6 Å². The van der Waals surface area contributed by atoms with Crippen molar-refractivity contribution in [3.05, 3.63) is 29.3 Å². The second kappa shape index (κ2) is 8.25. The molecule has 0 radical (unpaired) electrons. The van der Waals surface area contributed by atoms with Crippen molar-refractivity contribution in [1.82, 2.24) is 9.21 Å². The van der Waals surface area contributed by atoms with E-state index in [1.54, 1.807) is 17.9 Å². The number of piperazine rings is 1. The van der Waals surface area contributed by atoms with E-state index in [1.807, 2.05) is 39.8 Å². The predicted molar refractivity (Wildman–Crippen MR) is 106 cm³/mol. The van der Waals surface area contributed by atoms with Crippen molar-refractivity contribution in [2.75, 3.05) is 26.2 Å². The number of benzene rings is 1. The molecule has 1 aliphatic heterocycles. The number of rotatable bonds is 3. The van der Waals surface area contributed by atoms with Crippen LogP contribution in [-0.4, -0.2) is 55.8 Å². The van der Waals surface area contributed by atoms with Crippen LogP contribution < -0.4 is 5.73 Å². The number of aryl methyl sites for hydroxylation is 2. The van der Waals surface area contributed by atoms with Crippen LogP contribution in [0.15, 0.2) is 23.1 Å². The second-order valence-corrected chi connectivity index (χ2v) is 9.75. The van der Waals surface area contributed by atoms with Gasteiger partial charge in [0.15, 0.2) is 0 Å². The van der Waals surface area contributed by atoms with Crippen LogP contribution in [0.1, 0.15) is 31.9 Å². The zero-order valence-electron chi connectivity index (χ0n) is 16.2. The number of sulfonamides is 1. The molecular formula is C18H30ClN3O3S. The molecule has 0 saturated carbocycles. The van der Waals surface area contributed by atoms with E-state index in [-0.39, 0.29) is 36.8 Å². The molecule has 1 aromatic carbocycles. The van der Waals surface area contributed by atoms with Crippen molar-refractivity contribution >= 4 is 28.3 Å². The van der Waals surface area contributed by atoms with E-state index < -0.39 is 16.1 Å². The van der Waals surface area contributed by atoms with Gasteiger partial charge in [-0.25, -0.2) is 8.42 Å². The van der Waals surface area contributed by atoms with Crippen molar-refractivity contribution in [2.45, 2.75) is 45.6 Å². The molecule has 0 aliphatic carbocycles. The Morgan fingerprint density at radius 2 is 1.65 bits per heavy atom. The third-order valence-electron chi connectivity index (χ3n) is 4.71. The van der Waals surface area contributed by atoms with Gasteiger partial charge in [0.1, 0.15) is 0 Å². The van der Waals surface area contributed by atoms with Gasteiger partial charge in [-0.1, -0.05) is 32.9 Å². The van der Waals surface area contributed by atoms with Gasteiger partial charge in [-0.2, -0.15) is 4.31 Å². The summed E-state index contributed by atoms with van der Waals surface area (Å²) < 4.78 is 27.3. The van der Waals surface area contributed by atoms with Crippen LogP contribution in [-0.2, 0) is 14.8 Å². The number of hydrogen-bond donors (Lipinski definition) is 1. The van der Waals surface area contributed by atoms with Crippen LogP contribution in [0.2, 0.25) is 0 Å². The zero-order chi connectivity index (χ0) is 19.0. The lowest BCUT2D eigenvalue weighted by molar-refractivity contribution is -0.136. The Bertz CT molecular complexity index is 751. The first kappa shape index (κ1) is 22.9. The van der Waals surface area contributed by atoms with Crippen LogP contribution in [0, 0.1) is 19.3 Å². The summed E-state index contributed by atoms with van der Waals surface area (Å²) in [7, 11) is -3.55. The van der Waals surface area contributed by atoms with Crippen molar-refractivity contribution in [1.29, 1.82) is 0 Å². The summed E-state index contributed by atoms with van der Waals surface area (Å²) in [4.78, 5) is 14.5. The third-order valence-corrected chi connectivity index (χ3v) is 6.75. The molecule has 6 nitrogen and oxygen atoms in total. The summed E-state index contributed by atoms with van der Waals surface area (Å²) >= 11 is 0. The van der Waals surface area contributed by atoms with Crippen molar-refractivity contribution < 1.29 is 13.2 Å². The van der Waals surface area contributed by atoms with Crippen LogP contribution >= 0.6 is 12.4 Å². The number of amides is 1. The Kier molecular flexibility index (Phi) is 7.26. The van der Waals surface area contributed by atoms with Gasteiger partial charge in [0, 0.05) is 26.2 Å². The highest BCUT2D eigenvalue weighted by Crippen LogP contribution is 2.24. The minimum atomic E-state index is -3.55. The molecule has 1 aliphatic rings. The van der Waals surface area contributed by atoms with Gasteiger partial charge in [0.25, 0.3) is 0 Å². The number of nitrogens with zero attached hydrogens (tertiary/aromatic N) is 2. The SMILES string of the molecule is Cc1ccc(C)c(S(=O)(=O)N2CCN(C(=O)[C@@H](N)C(C)(C)C)CC2)c1.Cl. The molecular weight excluding hydrogens is 374 g/mol. The van der Waals surface area contributed by atoms with Gasteiger partial charge in [-0.05, 0) is 36.5 Å². The van der Waals surface area contributed by atoms with Crippen LogP contribution in [0.5, 0.6) is 0 Å². The minimum absolute atomic E-state index is 0. The van der Waals surface area contributed by atoms with Crippen molar-refractivity contribution in [2.24, 2.45) is 11.1 Å². The molecule has 26 heavy (non-hydrogen) atoms. The lowest BCUT2D eigenvalue weighted by atomic mass is 9.86. The van der Waals surface area contributed by atoms with E-state index in [2.05, 4.69) is 0 Å². The molecule has 2 N–H and O–H groups in total. The summed E-state index contributed by atoms with van der Waals surface area (Å²) in [5.41, 5.74) is 7.38. The lowest BCUT2D eigenvalue weighted by Gasteiger charge is -2.37. The Morgan fingerprint density at radius 3 is 2.15 bits per heavy atom. The molecule has 8 heteroatoms. The smallest absolute Gasteiger partial charge is 0.243 e. The lowest BCUT2D eigenvalue weighted by Crippen LogP contribution is -2.56. The number of carbonyl (C=O) groups excluding carboxylic acids is 1. The number of hydrogen-bond acceptors (Lipinski definition) is 4. The first-order valence-electron chi connectivity index (χ1n) is 8.56. The summed E-state index contributed by atoms with van der Waals surface area (Å²) in [6.45, 7) is 10.8. The second-order valence-electron chi connectivity index (χ2n) is 7.84. The maximum absolute atomic E-state index is 12.9. The average molecular weight is 404 g/mol. The number of carbonyl (C=O) groups is 1. The van der Waals surface area contributed by atoms with E-state index in [0.717, 1.165) is 11.1 Å². The first-order valence-corrected chi connectivity index (χ1v) is 10.0. The van der Waals surface area contributed by atoms with Gasteiger partial charge >= 0.3 is 0 Å². The van der Waals surface area contributed by atoms with Gasteiger partial charge in [-0.3, -0.25) is 4.79 Å². The maximum Gasteiger partial charge on any atom is 0.243 e. The van der Waals surface area contributed by atoms with Crippen LogP contribution in [0.3, 0.4) is 0 Å². The Balaban J connectivity index is 0.00000338. The minimum Gasteiger partial charge on any atom is -0.339 e. The molecule has 1 amide bonds. The molecule has 148 valence electrons. The van der Waals surface area contributed by atoms with E-state index in [0.29, 0.717) is 18.0 Å². The molecule has 1 fully saturated rings. The molecule has 2 rings (SSSR count). The standard InChI is InChI=1S/C18H29N3O3S.ClH/c1-13-6-7-14(2)15(12-13)25(23,24)21-10-8-20(9-11-21)17(22)16(19)18(3,4)5;/h6-7,12,16H,8-11,19H2,1-5H3;1H/t16-;/m1./s1. The van der Waals surface area contributed by atoms with E-state index in [9.17, 15) is 13.2 Å². The predicted octanol–water partition coefficient (Wildman–Crippen LogP) is 1.93. The summed E-state index contributed by atoms with van der Waals surface area (Å²) in [5, 5.41) is 0. The fourth-order valence-corrected chi connectivity index (χ4v) is 4.57. The molecule has 0 bridgehead atoms. The topological polar surface area (TPSA) is 83.7 Å². The highest BCUT2D eigenvalue weighted by Gasteiger charge is 2.35. The van der Waals surface area contributed by atoms with Crippen LogP contribution in [0.25, 0.3) is 0 Å². The first-order chi connectivity index (χ1) is 11.4. The largest absolute Gasteiger partial charge is 0.339 e. The van der Waals surface area contributed by atoms with Crippen molar-refractivity contribution in [3.8, 4) is 0 Å². The molecule has 0 aromatic heterocycles. The highest BCUT2D eigenvalue weighted by molar-refractivity contribution is 7.89. The van der Waals surface area contributed by atoms with Gasteiger partial charge in [-0.15, -0.1) is 12.4 Å². The monoisotopic (exact) mass is 403 g/mol. The molecule has 1 saturated heterocycles. The Labute approximate surface area is 163 Å². The quantitative estimate of drug-likeness (QED) is 0.835. The Hall–Kier alpha value is -1.15. The fraction of sp³-hybridized carbons (Fsp3) is 0.611. The zero-order valence-corrected chi connectivity index (χ0v) is 17.8. The molecule has 1 aromatic rings. The Morgan fingerprint density at radius 1 is 1.12 bits per heavy atom. The molecule has 0 unspecified atom stereocenters. The fourth-order valence-electron chi connectivity index (χ4n) is 2.84. The van der Waals surface area contributed by atoms with Gasteiger partial charge in [0.05, 0.1) is 10.9 Å². The summed E-state index contributed by atoms with van der Waals surface area (Å²) in [6.07, 6.45) is 0. The molecule has 0 spiro atoms. The number of halogens is 1. The normalized spacial score (nSPS) is 17.5. The highest BCUT2D eigenvalue weighted by atomic mass is 35.5.